The molecule has 166 valence electrons. The number of non-ortho nitro benzene ring substituents is 1. The number of nitro benzene ring substituents is 1. The lowest BCUT2D eigenvalue weighted by atomic mass is 10.1. The summed E-state index contributed by atoms with van der Waals surface area (Å²) in [6.45, 7) is 2.02. The quantitative estimate of drug-likeness (QED) is 0.352. The van der Waals surface area contributed by atoms with Crippen LogP contribution in [0, 0.1) is 10.1 Å². The third-order valence-electron chi connectivity index (χ3n) is 5.41. The smallest absolute Gasteiger partial charge is 0.270 e. The highest BCUT2D eigenvalue weighted by Crippen LogP contribution is 2.27. The second kappa shape index (κ2) is 9.65. The predicted octanol–water partition coefficient (Wildman–Crippen LogP) is 0.678. The summed E-state index contributed by atoms with van der Waals surface area (Å²) >= 11 is 0. The van der Waals surface area contributed by atoms with Gasteiger partial charge in [-0.3, -0.25) is 34.2 Å². The molecular weight excluding hydrogens is 408 g/mol. The number of nitro groups is 1. The molecule has 2 heterocycles. The van der Waals surface area contributed by atoms with E-state index in [0.29, 0.717) is 32.6 Å². The Morgan fingerprint density at radius 2 is 1.68 bits per heavy atom. The van der Waals surface area contributed by atoms with Crippen LogP contribution < -0.4 is 0 Å². The van der Waals surface area contributed by atoms with Crippen LogP contribution in [-0.2, 0) is 14.3 Å². The Hall–Kier alpha value is -3.34. The van der Waals surface area contributed by atoms with E-state index in [0.717, 1.165) is 11.0 Å². The van der Waals surface area contributed by atoms with E-state index < -0.39 is 16.7 Å². The van der Waals surface area contributed by atoms with E-state index in [-0.39, 0.29) is 54.6 Å². The van der Waals surface area contributed by atoms with Gasteiger partial charge in [-0.15, -0.1) is 0 Å². The monoisotopic (exact) mass is 432 g/mol. The molecule has 0 radical (unpaired) electrons. The molecule has 0 unspecified atom stereocenters. The van der Waals surface area contributed by atoms with Gasteiger partial charge in [0.25, 0.3) is 17.5 Å². The lowest BCUT2D eigenvalue weighted by molar-refractivity contribution is -0.384. The molecule has 0 bridgehead atoms. The average molecular weight is 432 g/mol. The first-order valence-corrected chi connectivity index (χ1v) is 10.0. The van der Waals surface area contributed by atoms with E-state index in [1.54, 1.807) is 9.80 Å². The minimum absolute atomic E-state index is 0.0113. The van der Waals surface area contributed by atoms with Crippen LogP contribution >= 0.6 is 0 Å². The highest BCUT2D eigenvalue weighted by atomic mass is 16.6. The van der Waals surface area contributed by atoms with Crippen LogP contribution in [0.2, 0.25) is 0 Å². The number of imide groups is 1. The molecule has 2 aliphatic rings. The fourth-order valence-electron chi connectivity index (χ4n) is 3.77. The zero-order valence-corrected chi connectivity index (χ0v) is 17.2. The number of fused-ring (bicyclic) bond motifs is 1. The zero-order chi connectivity index (χ0) is 22.5. The third-order valence-corrected chi connectivity index (χ3v) is 5.41. The van der Waals surface area contributed by atoms with Crippen LogP contribution in [0.3, 0.4) is 0 Å². The maximum atomic E-state index is 12.6. The number of benzene rings is 1. The van der Waals surface area contributed by atoms with Gasteiger partial charge in [0.2, 0.25) is 11.8 Å². The van der Waals surface area contributed by atoms with Crippen LogP contribution in [0.1, 0.15) is 40.0 Å². The second-order valence-corrected chi connectivity index (χ2v) is 7.40. The van der Waals surface area contributed by atoms with Crippen molar-refractivity contribution < 1.29 is 28.8 Å². The summed E-state index contributed by atoms with van der Waals surface area (Å²) in [6.07, 6.45) is 1.10. The van der Waals surface area contributed by atoms with Crippen molar-refractivity contribution in [3.05, 3.63) is 39.4 Å². The van der Waals surface area contributed by atoms with Crippen molar-refractivity contribution in [1.29, 1.82) is 0 Å². The summed E-state index contributed by atoms with van der Waals surface area (Å²) in [6, 6.07) is 3.58. The minimum Gasteiger partial charge on any atom is -0.375 e. The van der Waals surface area contributed by atoms with Gasteiger partial charge in [0.1, 0.15) is 6.61 Å². The van der Waals surface area contributed by atoms with Crippen LogP contribution in [0.5, 0.6) is 0 Å². The van der Waals surface area contributed by atoms with Gasteiger partial charge >= 0.3 is 0 Å². The van der Waals surface area contributed by atoms with Crippen LogP contribution in [0.4, 0.5) is 5.69 Å². The summed E-state index contributed by atoms with van der Waals surface area (Å²) in [5, 5.41) is 10.9. The minimum atomic E-state index is -0.621. The molecule has 11 heteroatoms. The van der Waals surface area contributed by atoms with Crippen molar-refractivity contribution in [3.8, 4) is 0 Å². The van der Waals surface area contributed by atoms with E-state index in [4.69, 9.17) is 4.74 Å². The van der Waals surface area contributed by atoms with Crippen molar-refractivity contribution in [1.82, 2.24) is 14.7 Å². The molecule has 0 aromatic heterocycles. The number of amides is 4. The molecule has 0 aliphatic carbocycles. The first-order chi connectivity index (χ1) is 14.8. The molecule has 1 fully saturated rings. The Balaban J connectivity index is 1.51. The van der Waals surface area contributed by atoms with E-state index in [2.05, 4.69) is 0 Å². The topological polar surface area (TPSA) is 130 Å². The fraction of sp³-hybridized carbons (Fsp3) is 0.500. The molecule has 0 atom stereocenters. The molecular formula is C20H24N4O7. The maximum Gasteiger partial charge on any atom is 0.270 e. The van der Waals surface area contributed by atoms with Crippen molar-refractivity contribution in [2.75, 3.05) is 46.4 Å². The number of rotatable bonds is 7. The Morgan fingerprint density at radius 1 is 1.03 bits per heavy atom. The maximum absolute atomic E-state index is 12.6. The number of methoxy groups -OCH3 is 1. The van der Waals surface area contributed by atoms with Gasteiger partial charge in [0, 0.05) is 58.4 Å². The zero-order valence-electron chi connectivity index (χ0n) is 17.2. The molecule has 3 rings (SSSR count). The molecule has 1 saturated heterocycles. The lowest BCUT2D eigenvalue weighted by Crippen LogP contribution is -2.39. The summed E-state index contributed by atoms with van der Waals surface area (Å²) in [7, 11) is 1.46. The van der Waals surface area contributed by atoms with Crippen molar-refractivity contribution in [2.24, 2.45) is 0 Å². The van der Waals surface area contributed by atoms with Gasteiger partial charge in [-0.25, -0.2) is 0 Å². The van der Waals surface area contributed by atoms with Crippen LogP contribution in [-0.4, -0.2) is 89.7 Å². The molecule has 1 aromatic rings. The molecule has 4 amide bonds. The Morgan fingerprint density at radius 3 is 2.32 bits per heavy atom. The van der Waals surface area contributed by atoms with Gasteiger partial charge in [-0.05, 0) is 18.9 Å². The van der Waals surface area contributed by atoms with E-state index in [9.17, 15) is 29.3 Å². The third kappa shape index (κ3) is 4.88. The van der Waals surface area contributed by atoms with Crippen molar-refractivity contribution in [3.63, 3.8) is 0 Å². The number of hydrogen-bond donors (Lipinski definition) is 0. The number of carbonyl (C=O) groups is 4. The SMILES string of the molecule is COCC(=O)N1CCCN(C(=O)CCCN2C(=O)c3ccc([N+](=O)[O-])cc3C2=O)CC1. The first kappa shape index (κ1) is 22.3. The van der Waals surface area contributed by atoms with Gasteiger partial charge in [0.05, 0.1) is 16.1 Å². The number of nitrogens with zero attached hydrogens (tertiary/aromatic N) is 4. The average Bonchev–Trinajstić information content (AvgIpc) is 2.92. The highest BCUT2D eigenvalue weighted by Gasteiger charge is 2.36. The Labute approximate surface area is 178 Å². The van der Waals surface area contributed by atoms with Gasteiger partial charge in [-0.2, -0.15) is 0 Å². The van der Waals surface area contributed by atoms with Crippen LogP contribution in [0.15, 0.2) is 18.2 Å². The summed E-state index contributed by atoms with van der Waals surface area (Å²) in [4.78, 5) is 64.1. The van der Waals surface area contributed by atoms with Gasteiger partial charge in [0.15, 0.2) is 0 Å². The Kier molecular flexibility index (Phi) is 6.95. The van der Waals surface area contributed by atoms with Crippen LogP contribution in [0.25, 0.3) is 0 Å². The van der Waals surface area contributed by atoms with E-state index in [1.807, 2.05) is 0 Å². The predicted molar refractivity (Wildman–Crippen MR) is 107 cm³/mol. The first-order valence-electron chi connectivity index (χ1n) is 10.0. The number of ether oxygens (including phenoxy) is 1. The molecule has 0 saturated carbocycles. The summed E-state index contributed by atoms with van der Waals surface area (Å²) in [5.41, 5.74) is -0.106. The van der Waals surface area contributed by atoms with Crippen molar-refractivity contribution in [2.45, 2.75) is 19.3 Å². The molecule has 31 heavy (non-hydrogen) atoms. The van der Waals surface area contributed by atoms with Gasteiger partial charge in [-0.1, -0.05) is 0 Å². The molecule has 0 N–H and O–H groups in total. The standard InChI is InChI=1S/C20H24N4O7/c1-31-13-18(26)22-8-3-7-21(10-11-22)17(25)4-2-9-23-19(27)15-6-5-14(24(29)30)12-16(15)20(23)28/h5-6,12H,2-4,7-11,13H2,1H3. The number of carbonyl (C=O) groups excluding carboxylic acids is 4. The van der Waals surface area contributed by atoms with Gasteiger partial charge < -0.3 is 14.5 Å². The van der Waals surface area contributed by atoms with Crippen molar-refractivity contribution >= 4 is 29.3 Å². The van der Waals surface area contributed by atoms with E-state index >= 15 is 0 Å². The normalized spacial score (nSPS) is 16.4. The molecule has 11 nitrogen and oxygen atoms in total. The lowest BCUT2D eigenvalue weighted by Gasteiger charge is -2.22. The Bertz CT molecular complexity index is 917. The molecule has 0 spiro atoms. The molecule has 2 aliphatic heterocycles. The summed E-state index contributed by atoms with van der Waals surface area (Å²) < 4.78 is 4.87. The fourth-order valence-corrected chi connectivity index (χ4v) is 3.77. The van der Waals surface area contributed by atoms with E-state index in [1.165, 1.54) is 19.2 Å². The largest absolute Gasteiger partial charge is 0.375 e. The highest BCUT2D eigenvalue weighted by molar-refractivity contribution is 6.21. The second-order valence-electron chi connectivity index (χ2n) is 7.40. The number of hydrogen-bond acceptors (Lipinski definition) is 7. The molecule has 1 aromatic carbocycles. The summed E-state index contributed by atoms with van der Waals surface area (Å²) in [5.74, 6) is -1.31.